The van der Waals surface area contributed by atoms with E-state index in [1.165, 1.54) is 5.56 Å². The molecule has 154 valence electrons. The Bertz CT molecular complexity index is 913. The van der Waals surface area contributed by atoms with Crippen LogP contribution in [0.2, 0.25) is 0 Å². The van der Waals surface area contributed by atoms with Crippen molar-refractivity contribution >= 4 is 5.97 Å². The van der Waals surface area contributed by atoms with Gasteiger partial charge in [-0.1, -0.05) is 42.0 Å². The number of allylic oxidation sites excluding steroid dienone is 1. The number of rotatable bonds is 8. The van der Waals surface area contributed by atoms with Gasteiger partial charge in [0.2, 0.25) is 0 Å². The largest absolute Gasteiger partial charge is 0.489 e. The molecule has 3 nitrogen and oxygen atoms in total. The van der Waals surface area contributed by atoms with Crippen molar-refractivity contribution in [3.63, 3.8) is 0 Å². The van der Waals surface area contributed by atoms with Crippen LogP contribution in [0.1, 0.15) is 48.4 Å². The number of hydrogen-bond donors (Lipinski definition) is 1. The Kier molecular flexibility index (Phi) is 6.41. The van der Waals surface area contributed by atoms with Crippen molar-refractivity contribution in [1.29, 1.82) is 0 Å². The first-order valence-corrected chi connectivity index (χ1v) is 10.1. The van der Waals surface area contributed by atoms with Crippen LogP contribution in [0.3, 0.4) is 0 Å². The van der Waals surface area contributed by atoms with E-state index >= 15 is 0 Å². The third-order valence-electron chi connectivity index (χ3n) is 5.57. The number of aliphatic carboxylic acids is 1. The molecule has 1 aliphatic rings. The summed E-state index contributed by atoms with van der Waals surface area (Å²) in [6.45, 7) is 5.98. The molecule has 2 aromatic carbocycles. The summed E-state index contributed by atoms with van der Waals surface area (Å²) in [7, 11) is 0. The summed E-state index contributed by atoms with van der Waals surface area (Å²) in [5.41, 5.74) is 5.17. The number of hydrogen-bond acceptors (Lipinski definition) is 2. The van der Waals surface area contributed by atoms with Crippen LogP contribution in [0, 0.1) is 13.8 Å². The fraction of sp³-hybridized carbons (Fsp3) is 0.400. The fourth-order valence-electron chi connectivity index (χ4n) is 4.07. The van der Waals surface area contributed by atoms with Crippen LogP contribution >= 0.6 is 0 Å². The lowest BCUT2D eigenvalue weighted by molar-refractivity contribution is -0.136. The molecular weight excluding hydrogens is 367 g/mol. The van der Waals surface area contributed by atoms with Crippen LogP contribution in [-0.4, -0.2) is 23.4 Å². The summed E-state index contributed by atoms with van der Waals surface area (Å²) in [6, 6.07) is 14.1. The molecule has 0 radical (unpaired) electrons. The number of carboxylic acid groups (broad SMARTS) is 1. The Hall–Kier alpha value is -2.62. The van der Waals surface area contributed by atoms with E-state index in [9.17, 15) is 9.18 Å². The average molecular weight is 397 g/mol. The van der Waals surface area contributed by atoms with Crippen molar-refractivity contribution in [3.05, 3.63) is 75.9 Å². The molecular formula is C25H29FO3. The van der Waals surface area contributed by atoms with Crippen LogP contribution in [0.25, 0.3) is 0 Å². The highest BCUT2D eigenvalue weighted by atomic mass is 19.1. The lowest BCUT2D eigenvalue weighted by Gasteiger charge is -2.15. The molecule has 29 heavy (non-hydrogen) atoms. The number of carboxylic acids is 1. The second-order valence-electron chi connectivity index (χ2n) is 8.36. The Morgan fingerprint density at radius 1 is 1.10 bits per heavy atom. The maximum Gasteiger partial charge on any atom is 0.303 e. The molecule has 0 spiro atoms. The fourth-order valence-corrected chi connectivity index (χ4v) is 4.07. The topological polar surface area (TPSA) is 46.5 Å². The van der Waals surface area contributed by atoms with Gasteiger partial charge < -0.3 is 9.84 Å². The minimum atomic E-state index is -1.21. The van der Waals surface area contributed by atoms with Gasteiger partial charge in [0.05, 0.1) is 0 Å². The Morgan fingerprint density at radius 2 is 1.79 bits per heavy atom. The molecule has 0 aliphatic heterocycles. The number of alkyl halides is 1. The minimum Gasteiger partial charge on any atom is -0.489 e. The normalized spacial score (nSPS) is 18.9. The SMILES string of the molecule is Cc1cc(OCC2=C(Cc3ccccc3)CC(C)(F)C2)c(C)cc1CCC(=O)O. The minimum absolute atomic E-state index is 0.116. The Labute approximate surface area is 172 Å². The molecule has 4 heteroatoms. The first-order chi connectivity index (χ1) is 13.7. The molecule has 0 bridgehead atoms. The number of carbonyl (C=O) groups is 1. The van der Waals surface area contributed by atoms with E-state index in [2.05, 4.69) is 12.1 Å². The smallest absolute Gasteiger partial charge is 0.303 e. The van der Waals surface area contributed by atoms with Gasteiger partial charge in [-0.25, -0.2) is 4.39 Å². The summed E-state index contributed by atoms with van der Waals surface area (Å²) < 4.78 is 20.8. The van der Waals surface area contributed by atoms with E-state index in [1.54, 1.807) is 6.92 Å². The van der Waals surface area contributed by atoms with E-state index in [0.29, 0.717) is 25.9 Å². The molecule has 0 amide bonds. The maximum atomic E-state index is 14.7. The third-order valence-corrected chi connectivity index (χ3v) is 5.57. The third kappa shape index (κ3) is 5.69. The molecule has 1 aliphatic carbocycles. The van der Waals surface area contributed by atoms with Gasteiger partial charge in [-0.05, 0) is 67.5 Å². The zero-order valence-electron chi connectivity index (χ0n) is 17.4. The molecule has 1 N–H and O–H groups in total. The Balaban J connectivity index is 1.73. The van der Waals surface area contributed by atoms with Gasteiger partial charge >= 0.3 is 5.97 Å². The van der Waals surface area contributed by atoms with Gasteiger partial charge in [-0.2, -0.15) is 0 Å². The molecule has 1 unspecified atom stereocenters. The van der Waals surface area contributed by atoms with Crippen LogP contribution < -0.4 is 4.74 Å². The molecule has 0 saturated heterocycles. The van der Waals surface area contributed by atoms with Crippen LogP contribution in [0.15, 0.2) is 53.6 Å². The van der Waals surface area contributed by atoms with Crippen molar-refractivity contribution < 1.29 is 19.0 Å². The van der Waals surface area contributed by atoms with Crippen LogP contribution in [0.4, 0.5) is 4.39 Å². The van der Waals surface area contributed by atoms with E-state index in [0.717, 1.165) is 40.0 Å². The van der Waals surface area contributed by atoms with Gasteiger partial charge in [-0.15, -0.1) is 0 Å². The van der Waals surface area contributed by atoms with Crippen LogP contribution in [0.5, 0.6) is 5.75 Å². The van der Waals surface area contributed by atoms with E-state index in [-0.39, 0.29) is 6.42 Å². The summed E-state index contributed by atoms with van der Waals surface area (Å²) >= 11 is 0. The van der Waals surface area contributed by atoms with Gasteiger partial charge in [0.15, 0.2) is 0 Å². The first-order valence-electron chi connectivity index (χ1n) is 10.1. The van der Waals surface area contributed by atoms with Gasteiger partial charge in [0, 0.05) is 19.3 Å². The standard InChI is InChI=1S/C25H29FO3/c1-17-12-23(18(2)11-20(17)9-10-24(27)28)29-16-22-15-25(3,26)14-21(22)13-19-7-5-4-6-8-19/h4-8,11-12H,9-10,13-16H2,1-3H3,(H,27,28). The van der Waals surface area contributed by atoms with Crippen molar-refractivity contribution in [2.24, 2.45) is 0 Å². The highest BCUT2D eigenvalue weighted by Crippen LogP contribution is 2.39. The average Bonchev–Trinajstić information content (AvgIpc) is 2.95. The number of ether oxygens (including phenoxy) is 1. The predicted molar refractivity (Wildman–Crippen MR) is 113 cm³/mol. The lowest BCUT2D eigenvalue weighted by atomic mass is 10.00. The first kappa shape index (κ1) is 21.1. The molecule has 0 fully saturated rings. The van der Waals surface area contributed by atoms with E-state index < -0.39 is 11.6 Å². The molecule has 0 saturated carbocycles. The molecule has 2 aromatic rings. The van der Waals surface area contributed by atoms with Crippen molar-refractivity contribution in [2.45, 2.75) is 58.5 Å². The molecule has 1 atom stereocenters. The summed E-state index contributed by atoms with van der Waals surface area (Å²) in [5, 5.41) is 8.91. The zero-order chi connectivity index (χ0) is 21.0. The number of aryl methyl sites for hydroxylation is 3. The molecule has 0 heterocycles. The van der Waals surface area contributed by atoms with Gasteiger partial charge in [0.25, 0.3) is 0 Å². The summed E-state index contributed by atoms with van der Waals surface area (Å²) in [4.78, 5) is 10.8. The Morgan fingerprint density at radius 3 is 2.48 bits per heavy atom. The van der Waals surface area contributed by atoms with Crippen LogP contribution in [-0.2, 0) is 17.6 Å². The highest BCUT2D eigenvalue weighted by molar-refractivity contribution is 5.67. The zero-order valence-corrected chi connectivity index (χ0v) is 17.4. The van der Waals surface area contributed by atoms with Crippen molar-refractivity contribution in [3.8, 4) is 5.75 Å². The van der Waals surface area contributed by atoms with Gasteiger partial charge in [-0.3, -0.25) is 4.79 Å². The monoisotopic (exact) mass is 396 g/mol. The predicted octanol–water partition coefficient (Wildman–Crippen LogP) is 5.76. The number of halogens is 1. The van der Waals surface area contributed by atoms with E-state index in [1.807, 2.05) is 44.2 Å². The van der Waals surface area contributed by atoms with E-state index in [4.69, 9.17) is 9.84 Å². The summed E-state index contributed by atoms with van der Waals surface area (Å²) in [6.07, 6.45) is 2.24. The molecule has 0 aromatic heterocycles. The second kappa shape index (κ2) is 8.81. The lowest BCUT2D eigenvalue weighted by Crippen LogP contribution is -2.14. The molecule has 3 rings (SSSR count). The highest BCUT2D eigenvalue weighted by Gasteiger charge is 2.34. The second-order valence-corrected chi connectivity index (χ2v) is 8.36. The van der Waals surface area contributed by atoms with Crippen molar-refractivity contribution in [1.82, 2.24) is 0 Å². The van der Waals surface area contributed by atoms with Gasteiger partial charge in [0.1, 0.15) is 18.0 Å². The number of benzene rings is 2. The maximum absolute atomic E-state index is 14.7. The quantitative estimate of drug-likeness (QED) is 0.577. The summed E-state index contributed by atoms with van der Waals surface area (Å²) in [5.74, 6) is -0.0173. The van der Waals surface area contributed by atoms with Crippen molar-refractivity contribution in [2.75, 3.05) is 6.61 Å².